The van der Waals surface area contributed by atoms with Crippen LogP contribution in [0.2, 0.25) is 0 Å². The second-order valence-corrected chi connectivity index (χ2v) is 10.3. The van der Waals surface area contributed by atoms with Gasteiger partial charge in [0.25, 0.3) is 0 Å². The maximum atomic E-state index is 13.4. The SMILES string of the molecule is COc1ccc(-c2nc(S(=O)(=O)c3ccc(Br)cc3)c(N3CCC(C)CC3)o2)cc1. The van der Waals surface area contributed by atoms with Crippen molar-refractivity contribution in [2.75, 3.05) is 25.1 Å². The van der Waals surface area contributed by atoms with E-state index in [0.29, 0.717) is 23.1 Å². The number of aromatic nitrogens is 1. The number of nitrogens with zero attached hydrogens (tertiary/aromatic N) is 2. The molecule has 1 saturated heterocycles. The van der Waals surface area contributed by atoms with E-state index in [1.807, 2.05) is 17.0 Å². The summed E-state index contributed by atoms with van der Waals surface area (Å²) in [5.74, 6) is 1.91. The lowest BCUT2D eigenvalue weighted by Gasteiger charge is -2.30. The first kappa shape index (κ1) is 20.9. The molecule has 0 aliphatic carbocycles. The molecule has 8 heteroatoms. The zero-order chi connectivity index (χ0) is 21.3. The van der Waals surface area contributed by atoms with E-state index >= 15 is 0 Å². The Bertz CT molecular complexity index is 1120. The number of oxazole rings is 1. The lowest BCUT2D eigenvalue weighted by atomic mass is 9.99. The van der Waals surface area contributed by atoms with E-state index < -0.39 is 9.84 Å². The third-order valence-corrected chi connectivity index (χ3v) is 7.56. The molecule has 0 atom stereocenters. The fraction of sp³-hybridized carbons (Fsp3) is 0.318. The summed E-state index contributed by atoms with van der Waals surface area (Å²) in [5.41, 5.74) is 0.694. The van der Waals surface area contributed by atoms with Gasteiger partial charge in [-0.1, -0.05) is 22.9 Å². The van der Waals surface area contributed by atoms with Gasteiger partial charge in [-0.25, -0.2) is 8.42 Å². The van der Waals surface area contributed by atoms with E-state index in [9.17, 15) is 8.42 Å². The van der Waals surface area contributed by atoms with Crippen LogP contribution in [0.5, 0.6) is 5.75 Å². The molecule has 30 heavy (non-hydrogen) atoms. The molecule has 0 saturated carbocycles. The highest BCUT2D eigenvalue weighted by Gasteiger charge is 2.32. The number of piperidine rings is 1. The van der Waals surface area contributed by atoms with Gasteiger partial charge in [0, 0.05) is 23.1 Å². The first-order valence-electron chi connectivity index (χ1n) is 9.79. The van der Waals surface area contributed by atoms with Crippen molar-refractivity contribution in [1.82, 2.24) is 4.98 Å². The molecule has 1 aromatic heterocycles. The molecule has 1 aliphatic rings. The van der Waals surface area contributed by atoms with Gasteiger partial charge in [0.15, 0.2) is 0 Å². The van der Waals surface area contributed by atoms with Gasteiger partial charge in [-0.05, 0) is 67.3 Å². The van der Waals surface area contributed by atoms with Crippen LogP contribution in [0.4, 0.5) is 5.88 Å². The van der Waals surface area contributed by atoms with Gasteiger partial charge >= 0.3 is 0 Å². The Morgan fingerprint density at radius 2 is 1.70 bits per heavy atom. The average Bonchev–Trinajstić information content (AvgIpc) is 3.21. The van der Waals surface area contributed by atoms with Crippen molar-refractivity contribution in [3.05, 3.63) is 53.0 Å². The second-order valence-electron chi connectivity index (χ2n) is 7.48. The maximum Gasteiger partial charge on any atom is 0.236 e. The lowest BCUT2D eigenvalue weighted by molar-refractivity contribution is 0.414. The van der Waals surface area contributed by atoms with Crippen LogP contribution in [-0.2, 0) is 9.84 Å². The highest BCUT2D eigenvalue weighted by molar-refractivity contribution is 9.10. The van der Waals surface area contributed by atoms with E-state index in [4.69, 9.17) is 9.15 Å². The van der Waals surface area contributed by atoms with Gasteiger partial charge in [0.05, 0.1) is 12.0 Å². The van der Waals surface area contributed by atoms with Gasteiger partial charge in [0.2, 0.25) is 26.6 Å². The number of anilines is 1. The average molecular weight is 491 g/mol. The van der Waals surface area contributed by atoms with E-state index in [-0.39, 0.29) is 15.8 Å². The Kier molecular flexibility index (Phi) is 5.88. The van der Waals surface area contributed by atoms with Crippen LogP contribution < -0.4 is 9.64 Å². The first-order chi connectivity index (χ1) is 14.4. The van der Waals surface area contributed by atoms with Gasteiger partial charge in [-0.2, -0.15) is 4.98 Å². The van der Waals surface area contributed by atoms with Gasteiger partial charge < -0.3 is 14.1 Å². The molecule has 2 aromatic carbocycles. The Labute approximate surface area is 184 Å². The summed E-state index contributed by atoms with van der Waals surface area (Å²) >= 11 is 3.35. The van der Waals surface area contributed by atoms with Gasteiger partial charge in [0.1, 0.15) is 5.75 Å². The summed E-state index contributed by atoms with van der Waals surface area (Å²) in [4.78, 5) is 6.63. The van der Waals surface area contributed by atoms with Crippen molar-refractivity contribution in [1.29, 1.82) is 0 Å². The molecular weight excluding hydrogens is 468 g/mol. The minimum absolute atomic E-state index is 0.0369. The van der Waals surface area contributed by atoms with Crippen LogP contribution in [0.25, 0.3) is 11.5 Å². The van der Waals surface area contributed by atoms with E-state index in [1.54, 1.807) is 43.5 Å². The summed E-state index contributed by atoms with van der Waals surface area (Å²) in [6, 6.07) is 13.8. The number of ether oxygens (including phenoxy) is 1. The summed E-state index contributed by atoms with van der Waals surface area (Å²) in [6.07, 6.45) is 1.96. The van der Waals surface area contributed by atoms with Crippen molar-refractivity contribution in [3.8, 4) is 17.2 Å². The highest BCUT2D eigenvalue weighted by Crippen LogP contribution is 2.37. The van der Waals surface area contributed by atoms with Gasteiger partial charge in [-0.3, -0.25) is 0 Å². The molecule has 3 aromatic rings. The summed E-state index contributed by atoms with van der Waals surface area (Å²) < 4.78 is 38.9. The van der Waals surface area contributed by atoms with Crippen LogP contribution in [0.3, 0.4) is 0 Å². The number of methoxy groups -OCH3 is 1. The molecule has 0 N–H and O–H groups in total. The van der Waals surface area contributed by atoms with Crippen molar-refractivity contribution >= 4 is 31.7 Å². The Morgan fingerprint density at radius 3 is 2.30 bits per heavy atom. The summed E-state index contributed by atoms with van der Waals surface area (Å²) in [6.45, 7) is 3.68. The molecule has 0 radical (unpaired) electrons. The van der Waals surface area contributed by atoms with Crippen molar-refractivity contribution in [2.24, 2.45) is 5.92 Å². The number of rotatable bonds is 5. The Hall–Kier alpha value is -2.32. The molecule has 4 rings (SSSR count). The van der Waals surface area contributed by atoms with Crippen LogP contribution in [0.15, 0.2) is 67.3 Å². The fourth-order valence-electron chi connectivity index (χ4n) is 3.47. The number of hydrogen-bond acceptors (Lipinski definition) is 6. The zero-order valence-corrected chi connectivity index (χ0v) is 19.2. The topological polar surface area (TPSA) is 72.6 Å². The van der Waals surface area contributed by atoms with Crippen molar-refractivity contribution in [3.63, 3.8) is 0 Å². The monoisotopic (exact) mass is 490 g/mol. The minimum Gasteiger partial charge on any atom is -0.497 e. The third-order valence-electron chi connectivity index (χ3n) is 5.37. The predicted molar refractivity (Wildman–Crippen MR) is 119 cm³/mol. The molecule has 158 valence electrons. The Balaban J connectivity index is 1.80. The first-order valence-corrected chi connectivity index (χ1v) is 12.1. The molecule has 0 unspecified atom stereocenters. The van der Waals surface area contributed by atoms with Crippen LogP contribution in [-0.4, -0.2) is 33.6 Å². The Morgan fingerprint density at radius 1 is 1.07 bits per heavy atom. The van der Waals surface area contributed by atoms with Crippen LogP contribution in [0.1, 0.15) is 19.8 Å². The molecule has 0 spiro atoms. The second kappa shape index (κ2) is 8.43. The largest absolute Gasteiger partial charge is 0.497 e. The number of halogens is 1. The quantitative estimate of drug-likeness (QED) is 0.490. The van der Waals surface area contributed by atoms with E-state index in [2.05, 4.69) is 27.8 Å². The molecule has 6 nitrogen and oxygen atoms in total. The fourth-order valence-corrected chi connectivity index (χ4v) is 5.05. The van der Waals surface area contributed by atoms with Crippen LogP contribution in [0, 0.1) is 5.92 Å². The molecule has 1 aliphatic heterocycles. The van der Waals surface area contributed by atoms with E-state index in [0.717, 1.165) is 30.4 Å². The lowest BCUT2D eigenvalue weighted by Crippen LogP contribution is -2.33. The van der Waals surface area contributed by atoms with Gasteiger partial charge in [-0.15, -0.1) is 0 Å². The highest BCUT2D eigenvalue weighted by atomic mass is 79.9. The smallest absolute Gasteiger partial charge is 0.236 e. The predicted octanol–water partition coefficient (Wildman–Crippen LogP) is 5.18. The summed E-state index contributed by atoms with van der Waals surface area (Å²) in [7, 11) is -2.25. The summed E-state index contributed by atoms with van der Waals surface area (Å²) in [5, 5.41) is -0.0369. The molecule has 0 amide bonds. The molecule has 1 fully saturated rings. The standard InChI is InChI=1S/C22H23BrN2O4S/c1-15-11-13-25(14-12-15)22-21(30(26,27)19-9-5-17(23)6-10-19)24-20(29-22)16-3-7-18(28-2)8-4-16/h3-10,15H,11-14H2,1-2H3. The minimum atomic E-state index is -3.84. The number of benzene rings is 2. The van der Waals surface area contributed by atoms with Crippen molar-refractivity contribution < 1.29 is 17.6 Å². The molecule has 0 bridgehead atoms. The molecule has 2 heterocycles. The number of sulfone groups is 1. The van der Waals surface area contributed by atoms with E-state index in [1.165, 1.54) is 0 Å². The number of hydrogen-bond donors (Lipinski definition) is 0. The normalized spacial score (nSPS) is 15.4. The van der Waals surface area contributed by atoms with Crippen LogP contribution >= 0.6 is 15.9 Å². The third kappa shape index (κ3) is 4.11. The van der Waals surface area contributed by atoms with Crippen molar-refractivity contribution in [2.45, 2.75) is 29.7 Å². The molecular formula is C22H23BrN2O4S. The maximum absolute atomic E-state index is 13.4. The zero-order valence-electron chi connectivity index (χ0n) is 16.8.